The van der Waals surface area contributed by atoms with Crippen molar-refractivity contribution in [2.24, 2.45) is 5.92 Å². The van der Waals surface area contributed by atoms with E-state index in [0.29, 0.717) is 5.92 Å². The maximum absolute atomic E-state index is 10.4. The zero-order chi connectivity index (χ0) is 16.9. The molecule has 1 aliphatic heterocycles. The number of pyridine rings is 1. The van der Waals surface area contributed by atoms with Gasteiger partial charge in [0, 0.05) is 37.1 Å². The van der Waals surface area contributed by atoms with Crippen LogP contribution in [0.4, 0.5) is 5.69 Å². The first-order valence-electron chi connectivity index (χ1n) is 9.10. The molecular weight excluding hydrogens is 318 g/mol. The van der Waals surface area contributed by atoms with Crippen molar-refractivity contribution in [2.45, 2.75) is 38.7 Å². The van der Waals surface area contributed by atoms with Gasteiger partial charge < -0.3 is 10.8 Å². The van der Waals surface area contributed by atoms with E-state index >= 15 is 0 Å². The molecule has 2 aliphatic rings. The summed E-state index contributed by atoms with van der Waals surface area (Å²) in [6.07, 6.45) is 8.42. The number of hydrogen-bond donors (Lipinski definition) is 2. The number of aliphatic hydroxyl groups is 1. The van der Waals surface area contributed by atoms with Crippen molar-refractivity contribution < 1.29 is 5.11 Å². The van der Waals surface area contributed by atoms with E-state index in [2.05, 4.69) is 22.9 Å². The molecule has 3 N–H and O–H groups in total. The highest BCUT2D eigenvalue weighted by atomic mass is 32.2. The summed E-state index contributed by atoms with van der Waals surface area (Å²) in [5.41, 5.74) is 10.4. The highest BCUT2D eigenvalue weighted by molar-refractivity contribution is 7.99. The Morgan fingerprint density at radius 1 is 1.38 bits per heavy atom. The summed E-state index contributed by atoms with van der Waals surface area (Å²) >= 11 is 2.03. The number of rotatable bonds is 8. The number of thioether (sulfide) groups is 1. The molecule has 0 amide bonds. The maximum atomic E-state index is 10.4. The van der Waals surface area contributed by atoms with E-state index in [4.69, 9.17) is 5.73 Å². The van der Waals surface area contributed by atoms with E-state index in [1.807, 2.05) is 17.8 Å². The molecule has 1 aliphatic carbocycles. The number of nitrogens with two attached hydrogens (primary N) is 1. The van der Waals surface area contributed by atoms with E-state index in [0.717, 1.165) is 49.4 Å². The van der Waals surface area contributed by atoms with Crippen LogP contribution in [0.1, 0.15) is 37.4 Å². The van der Waals surface area contributed by atoms with Crippen LogP contribution in [0.3, 0.4) is 0 Å². The van der Waals surface area contributed by atoms with Crippen molar-refractivity contribution in [3.63, 3.8) is 0 Å². The van der Waals surface area contributed by atoms with Crippen molar-refractivity contribution in [1.29, 1.82) is 0 Å². The van der Waals surface area contributed by atoms with Gasteiger partial charge in [0.2, 0.25) is 0 Å². The van der Waals surface area contributed by atoms with Crippen LogP contribution < -0.4 is 5.73 Å². The van der Waals surface area contributed by atoms with Crippen molar-refractivity contribution in [3.8, 4) is 0 Å². The Balaban J connectivity index is 1.49. The lowest BCUT2D eigenvalue weighted by atomic mass is 10.0. The Morgan fingerprint density at radius 3 is 3.08 bits per heavy atom. The predicted molar refractivity (Wildman–Crippen MR) is 103 cm³/mol. The second kappa shape index (κ2) is 8.37. The van der Waals surface area contributed by atoms with Gasteiger partial charge in [-0.2, -0.15) is 11.8 Å². The Labute approximate surface area is 149 Å². The van der Waals surface area contributed by atoms with Crippen LogP contribution in [-0.2, 0) is 6.42 Å². The summed E-state index contributed by atoms with van der Waals surface area (Å²) in [5.74, 6) is 2.83. The molecule has 1 fully saturated rings. The third kappa shape index (κ3) is 4.13. The summed E-state index contributed by atoms with van der Waals surface area (Å²) in [4.78, 5) is 6.89. The molecule has 0 spiro atoms. The van der Waals surface area contributed by atoms with Gasteiger partial charge in [0.05, 0.1) is 11.8 Å². The van der Waals surface area contributed by atoms with Gasteiger partial charge in [0.15, 0.2) is 0 Å². The summed E-state index contributed by atoms with van der Waals surface area (Å²) in [6.45, 7) is 4.88. The van der Waals surface area contributed by atoms with Gasteiger partial charge in [0.1, 0.15) is 0 Å². The lowest BCUT2D eigenvalue weighted by molar-refractivity contribution is 0.141. The van der Waals surface area contributed by atoms with Gasteiger partial charge >= 0.3 is 0 Å². The monoisotopic (exact) mass is 347 g/mol. The molecule has 2 atom stereocenters. The summed E-state index contributed by atoms with van der Waals surface area (Å²) in [5, 5.41) is 10.4. The fourth-order valence-electron chi connectivity index (χ4n) is 3.64. The Bertz CT molecular complexity index is 590. The molecule has 2 heterocycles. The van der Waals surface area contributed by atoms with Gasteiger partial charge in [-0.3, -0.25) is 9.88 Å². The standard InChI is InChI=1S/C19H29N3OS/c1-2-3-9-24-10-7-14-11-22(13-18(14)23)12-15-4-5-16-17(20)6-8-21-19(15)16/h4,6,8,14,18,23H,2-3,5,7,9-13H2,1H3,(H2,20,21)/t14-,18?/m0/s1. The molecule has 24 heavy (non-hydrogen) atoms. The highest BCUT2D eigenvalue weighted by Gasteiger charge is 2.32. The second-order valence-corrected chi connectivity index (χ2v) is 8.16. The van der Waals surface area contributed by atoms with Gasteiger partial charge in [-0.05, 0) is 48.3 Å². The summed E-state index contributed by atoms with van der Waals surface area (Å²) in [6, 6.07) is 1.88. The van der Waals surface area contributed by atoms with Crippen LogP contribution >= 0.6 is 11.8 Å². The number of nitrogens with zero attached hydrogens (tertiary/aromatic N) is 2. The number of fused-ring (bicyclic) bond motifs is 1. The number of aromatic nitrogens is 1. The minimum atomic E-state index is -0.188. The first-order valence-corrected chi connectivity index (χ1v) is 10.3. The fourth-order valence-corrected chi connectivity index (χ4v) is 4.80. The SMILES string of the molecule is CCCCSCC[C@H]1CN(CC2=CCc3c(N)ccnc32)CC1O. The van der Waals surface area contributed by atoms with Crippen molar-refractivity contribution in [3.05, 3.63) is 29.6 Å². The number of anilines is 1. The number of nitrogen functional groups attached to an aromatic ring is 1. The first-order chi connectivity index (χ1) is 11.7. The van der Waals surface area contributed by atoms with Gasteiger partial charge in [-0.1, -0.05) is 19.4 Å². The van der Waals surface area contributed by atoms with Gasteiger partial charge in [0.25, 0.3) is 0 Å². The average Bonchev–Trinajstić information content (AvgIpc) is 3.13. The fraction of sp³-hybridized carbons (Fsp3) is 0.632. The molecule has 1 unspecified atom stereocenters. The second-order valence-electron chi connectivity index (χ2n) is 6.94. The molecule has 1 aromatic heterocycles. The lowest BCUT2D eigenvalue weighted by Gasteiger charge is -2.17. The highest BCUT2D eigenvalue weighted by Crippen LogP contribution is 2.31. The molecule has 4 nitrogen and oxygen atoms in total. The molecule has 5 heteroatoms. The molecule has 1 aromatic rings. The number of β-amino-alcohol motifs (C(OH)–C–C–N with tert-alkyl or cyclic N) is 1. The molecule has 132 valence electrons. The van der Waals surface area contributed by atoms with Crippen LogP contribution in [-0.4, -0.2) is 52.2 Å². The lowest BCUT2D eigenvalue weighted by Crippen LogP contribution is -2.24. The molecule has 0 radical (unpaired) electrons. The van der Waals surface area contributed by atoms with Crippen molar-refractivity contribution in [2.75, 3.05) is 36.9 Å². The van der Waals surface area contributed by atoms with Crippen molar-refractivity contribution >= 4 is 23.0 Å². The van der Waals surface area contributed by atoms with Crippen LogP contribution in [0, 0.1) is 5.92 Å². The van der Waals surface area contributed by atoms with E-state index < -0.39 is 0 Å². The Hall–Kier alpha value is -1.04. The molecule has 0 bridgehead atoms. The third-order valence-corrected chi connectivity index (χ3v) is 6.20. The van der Waals surface area contributed by atoms with Crippen LogP contribution in [0.25, 0.3) is 5.57 Å². The number of likely N-dealkylation sites (tertiary alicyclic amines) is 1. The number of unbranched alkanes of at least 4 members (excludes halogenated alkanes) is 1. The van der Waals surface area contributed by atoms with E-state index in [-0.39, 0.29) is 6.10 Å². The minimum absolute atomic E-state index is 0.188. The predicted octanol–water partition coefficient (Wildman–Crippen LogP) is 2.82. The first kappa shape index (κ1) is 17.8. The molecule has 0 aromatic carbocycles. The summed E-state index contributed by atoms with van der Waals surface area (Å²) in [7, 11) is 0. The van der Waals surface area contributed by atoms with E-state index in [9.17, 15) is 5.11 Å². The number of hydrogen-bond acceptors (Lipinski definition) is 5. The normalized spacial score (nSPS) is 23.5. The van der Waals surface area contributed by atoms with Crippen LogP contribution in [0.2, 0.25) is 0 Å². The minimum Gasteiger partial charge on any atom is -0.398 e. The zero-order valence-corrected chi connectivity index (χ0v) is 15.4. The van der Waals surface area contributed by atoms with Crippen molar-refractivity contribution in [1.82, 2.24) is 9.88 Å². The zero-order valence-electron chi connectivity index (χ0n) is 14.6. The van der Waals surface area contributed by atoms with Gasteiger partial charge in [-0.15, -0.1) is 0 Å². The van der Waals surface area contributed by atoms with Crippen LogP contribution in [0.15, 0.2) is 18.3 Å². The quantitative estimate of drug-likeness (QED) is 0.708. The topological polar surface area (TPSA) is 62.4 Å². The molecule has 0 saturated carbocycles. The molecule has 3 rings (SSSR count). The number of allylic oxidation sites excluding steroid dienone is 1. The summed E-state index contributed by atoms with van der Waals surface area (Å²) < 4.78 is 0. The van der Waals surface area contributed by atoms with E-state index in [1.165, 1.54) is 29.9 Å². The van der Waals surface area contributed by atoms with E-state index in [1.54, 1.807) is 6.20 Å². The average molecular weight is 348 g/mol. The smallest absolute Gasteiger partial charge is 0.0727 e. The number of aliphatic hydroxyl groups excluding tert-OH is 1. The Morgan fingerprint density at radius 2 is 2.25 bits per heavy atom. The molecular formula is C19H29N3OS. The largest absolute Gasteiger partial charge is 0.398 e. The Kier molecular flexibility index (Phi) is 6.19. The maximum Gasteiger partial charge on any atom is 0.0727 e. The van der Waals surface area contributed by atoms with Crippen LogP contribution in [0.5, 0.6) is 0 Å². The van der Waals surface area contributed by atoms with Gasteiger partial charge in [-0.25, -0.2) is 0 Å². The third-order valence-electron chi connectivity index (χ3n) is 5.10. The molecule has 1 saturated heterocycles.